The van der Waals surface area contributed by atoms with Gasteiger partial charge in [0.25, 0.3) is 0 Å². The Labute approximate surface area is 137 Å². The average molecular weight is 330 g/mol. The van der Waals surface area contributed by atoms with E-state index in [0.717, 1.165) is 4.90 Å². The van der Waals surface area contributed by atoms with Gasteiger partial charge in [0.1, 0.15) is 17.0 Å². The summed E-state index contributed by atoms with van der Waals surface area (Å²) in [6.45, 7) is 0. The fourth-order valence-corrected chi connectivity index (χ4v) is 2.76. The predicted octanol–water partition coefficient (Wildman–Crippen LogP) is 4.00. The monoisotopic (exact) mass is 329 g/mol. The summed E-state index contributed by atoms with van der Waals surface area (Å²) < 4.78 is 0. The normalized spacial score (nSPS) is 10.4. The number of nitrogens with zero attached hydrogens (tertiary/aromatic N) is 3. The molecule has 0 aliphatic heterocycles. The van der Waals surface area contributed by atoms with Gasteiger partial charge in [-0.2, -0.15) is 0 Å². The van der Waals surface area contributed by atoms with Gasteiger partial charge in [-0.25, -0.2) is 15.0 Å². The molecular formula is C15H12ClN5S. The molecule has 0 fully saturated rings. The zero-order valence-electron chi connectivity index (χ0n) is 11.4. The van der Waals surface area contributed by atoms with Crippen molar-refractivity contribution in [3.63, 3.8) is 0 Å². The average Bonchev–Trinajstić information content (AvgIpc) is 2.54. The van der Waals surface area contributed by atoms with Gasteiger partial charge in [0.15, 0.2) is 11.0 Å². The molecule has 22 heavy (non-hydrogen) atoms. The number of hydrogen-bond acceptors (Lipinski definition) is 6. The Morgan fingerprint density at radius 1 is 1.00 bits per heavy atom. The second kappa shape index (κ2) is 6.64. The molecule has 0 unspecified atom stereocenters. The Kier molecular flexibility index (Phi) is 4.41. The van der Waals surface area contributed by atoms with E-state index in [1.807, 2.05) is 30.3 Å². The summed E-state index contributed by atoms with van der Waals surface area (Å²) in [5, 5.41) is 4.13. The standard InChI is InChI=1S/C15H12ClN5S/c16-13-11(7-4-8-18-13)21-14-12(17)15(20-9-19-14)22-10-5-2-1-3-6-10/h1-9H,17H2,(H,19,20,21). The largest absolute Gasteiger partial charge is 0.394 e. The predicted molar refractivity (Wildman–Crippen MR) is 89.5 cm³/mol. The van der Waals surface area contributed by atoms with Gasteiger partial charge < -0.3 is 11.1 Å². The fraction of sp³-hybridized carbons (Fsp3) is 0. The highest BCUT2D eigenvalue weighted by atomic mass is 35.5. The third kappa shape index (κ3) is 3.29. The SMILES string of the molecule is Nc1c(Nc2cccnc2Cl)ncnc1Sc1ccccc1. The number of benzene rings is 1. The van der Waals surface area contributed by atoms with E-state index >= 15 is 0 Å². The van der Waals surface area contributed by atoms with Crippen molar-refractivity contribution in [2.24, 2.45) is 0 Å². The molecule has 0 bridgehead atoms. The van der Waals surface area contributed by atoms with Crippen LogP contribution in [0.25, 0.3) is 0 Å². The van der Waals surface area contributed by atoms with E-state index in [4.69, 9.17) is 17.3 Å². The molecule has 0 radical (unpaired) electrons. The summed E-state index contributed by atoms with van der Waals surface area (Å²) in [5.41, 5.74) is 7.27. The van der Waals surface area contributed by atoms with Crippen LogP contribution in [0.4, 0.5) is 17.2 Å². The maximum absolute atomic E-state index is 6.16. The number of nitrogen functional groups attached to an aromatic ring is 1. The number of hydrogen-bond donors (Lipinski definition) is 2. The first-order valence-electron chi connectivity index (χ1n) is 6.45. The summed E-state index contributed by atoms with van der Waals surface area (Å²) in [7, 11) is 0. The van der Waals surface area contributed by atoms with Crippen LogP contribution >= 0.6 is 23.4 Å². The highest BCUT2D eigenvalue weighted by Crippen LogP contribution is 2.34. The van der Waals surface area contributed by atoms with Crippen LogP contribution in [-0.4, -0.2) is 15.0 Å². The minimum Gasteiger partial charge on any atom is -0.394 e. The van der Waals surface area contributed by atoms with Gasteiger partial charge >= 0.3 is 0 Å². The van der Waals surface area contributed by atoms with Crippen molar-refractivity contribution in [1.82, 2.24) is 15.0 Å². The number of nitrogens with one attached hydrogen (secondary N) is 1. The van der Waals surface area contributed by atoms with E-state index in [1.54, 1.807) is 18.3 Å². The van der Waals surface area contributed by atoms with Crippen LogP contribution in [0.2, 0.25) is 5.15 Å². The Morgan fingerprint density at radius 2 is 1.82 bits per heavy atom. The van der Waals surface area contributed by atoms with Crippen molar-refractivity contribution >= 4 is 40.6 Å². The van der Waals surface area contributed by atoms with Crippen molar-refractivity contribution in [3.8, 4) is 0 Å². The lowest BCUT2D eigenvalue weighted by molar-refractivity contribution is 1.06. The molecule has 1 aromatic carbocycles. The molecule has 2 heterocycles. The molecule has 0 atom stereocenters. The molecular weight excluding hydrogens is 318 g/mol. The van der Waals surface area contributed by atoms with Crippen LogP contribution in [0, 0.1) is 0 Å². The topological polar surface area (TPSA) is 76.7 Å². The van der Waals surface area contributed by atoms with E-state index in [0.29, 0.717) is 27.4 Å². The molecule has 2 aromatic heterocycles. The Hall–Kier alpha value is -2.31. The van der Waals surface area contributed by atoms with Crippen molar-refractivity contribution in [2.45, 2.75) is 9.92 Å². The van der Waals surface area contributed by atoms with Gasteiger partial charge in [-0.05, 0) is 24.3 Å². The highest BCUT2D eigenvalue weighted by molar-refractivity contribution is 7.99. The zero-order valence-corrected chi connectivity index (χ0v) is 13.0. The second-order valence-electron chi connectivity index (χ2n) is 4.32. The first-order chi connectivity index (χ1) is 10.7. The lowest BCUT2D eigenvalue weighted by Gasteiger charge is -2.11. The minimum atomic E-state index is 0.359. The van der Waals surface area contributed by atoms with E-state index in [9.17, 15) is 0 Å². The molecule has 110 valence electrons. The van der Waals surface area contributed by atoms with E-state index < -0.39 is 0 Å². The van der Waals surface area contributed by atoms with Crippen LogP contribution in [0.1, 0.15) is 0 Å². The fourth-order valence-electron chi connectivity index (χ4n) is 1.77. The number of pyridine rings is 1. The molecule has 0 spiro atoms. The molecule has 0 aliphatic carbocycles. The lowest BCUT2D eigenvalue weighted by Crippen LogP contribution is -2.03. The van der Waals surface area contributed by atoms with Crippen molar-refractivity contribution in [3.05, 3.63) is 60.1 Å². The van der Waals surface area contributed by atoms with Gasteiger partial charge in [-0.1, -0.05) is 41.6 Å². The number of rotatable bonds is 4. The molecule has 0 amide bonds. The maximum atomic E-state index is 6.16. The lowest BCUT2D eigenvalue weighted by atomic mass is 10.4. The second-order valence-corrected chi connectivity index (χ2v) is 5.74. The van der Waals surface area contributed by atoms with Gasteiger partial charge in [-0.15, -0.1) is 0 Å². The number of anilines is 3. The number of nitrogens with two attached hydrogens (primary N) is 1. The Balaban J connectivity index is 1.88. The molecule has 7 heteroatoms. The van der Waals surface area contributed by atoms with Crippen LogP contribution in [0.3, 0.4) is 0 Å². The summed E-state index contributed by atoms with van der Waals surface area (Å²) in [4.78, 5) is 13.5. The van der Waals surface area contributed by atoms with Crippen molar-refractivity contribution in [1.29, 1.82) is 0 Å². The summed E-state index contributed by atoms with van der Waals surface area (Å²) >= 11 is 7.51. The van der Waals surface area contributed by atoms with Gasteiger partial charge in [0, 0.05) is 11.1 Å². The minimum absolute atomic E-state index is 0.359. The number of halogens is 1. The molecule has 5 nitrogen and oxygen atoms in total. The van der Waals surface area contributed by atoms with Crippen molar-refractivity contribution in [2.75, 3.05) is 11.1 Å². The summed E-state index contributed by atoms with van der Waals surface area (Å²) in [6, 6.07) is 13.5. The van der Waals surface area contributed by atoms with Crippen LogP contribution in [0.15, 0.2) is 64.9 Å². The summed E-state index contributed by atoms with van der Waals surface area (Å²) in [5.74, 6) is 0.503. The van der Waals surface area contributed by atoms with E-state index in [2.05, 4.69) is 20.3 Å². The molecule has 0 aliphatic rings. The first-order valence-corrected chi connectivity index (χ1v) is 7.64. The Bertz CT molecular complexity index is 782. The molecule has 0 saturated heterocycles. The molecule has 3 aromatic rings. The van der Waals surface area contributed by atoms with Crippen molar-refractivity contribution < 1.29 is 0 Å². The highest BCUT2D eigenvalue weighted by Gasteiger charge is 2.11. The quantitative estimate of drug-likeness (QED) is 0.556. The van der Waals surface area contributed by atoms with Gasteiger partial charge in [0.2, 0.25) is 0 Å². The third-order valence-electron chi connectivity index (χ3n) is 2.82. The van der Waals surface area contributed by atoms with E-state index in [1.165, 1.54) is 18.1 Å². The van der Waals surface area contributed by atoms with Crippen LogP contribution < -0.4 is 11.1 Å². The number of aromatic nitrogens is 3. The first kappa shape index (κ1) is 14.6. The van der Waals surface area contributed by atoms with E-state index in [-0.39, 0.29) is 0 Å². The Morgan fingerprint density at radius 3 is 2.59 bits per heavy atom. The molecule has 3 N–H and O–H groups in total. The van der Waals surface area contributed by atoms with Crippen LogP contribution in [-0.2, 0) is 0 Å². The molecule has 0 saturated carbocycles. The zero-order chi connectivity index (χ0) is 15.4. The third-order valence-corrected chi connectivity index (χ3v) is 4.14. The van der Waals surface area contributed by atoms with Gasteiger partial charge in [-0.3, -0.25) is 0 Å². The summed E-state index contributed by atoms with van der Waals surface area (Å²) in [6.07, 6.45) is 3.09. The van der Waals surface area contributed by atoms with Gasteiger partial charge in [0.05, 0.1) is 5.69 Å². The maximum Gasteiger partial charge on any atom is 0.158 e. The smallest absolute Gasteiger partial charge is 0.158 e. The van der Waals surface area contributed by atoms with Crippen LogP contribution in [0.5, 0.6) is 0 Å². The molecule has 3 rings (SSSR count).